The van der Waals surface area contributed by atoms with Gasteiger partial charge in [-0.3, -0.25) is 4.68 Å². The van der Waals surface area contributed by atoms with Gasteiger partial charge in [0.25, 0.3) is 0 Å². The van der Waals surface area contributed by atoms with Crippen LogP contribution in [-0.4, -0.2) is 14.8 Å². The maximum atomic E-state index is 4.34. The summed E-state index contributed by atoms with van der Waals surface area (Å²) < 4.78 is 2.82. The summed E-state index contributed by atoms with van der Waals surface area (Å²) in [4.78, 5) is 4.34. The van der Waals surface area contributed by atoms with Crippen molar-refractivity contribution in [1.82, 2.24) is 14.8 Å². The molecule has 2 aromatic rings. The second kappa shape index (κ2) is 3.59. The fourth-order valence-electron chi connectivity index (χ4n) is 1.14. The SMILES string of the molecule is CCn1nccc1-c1nc(Br)cs1. The molecule has 2 heterocycles. The van der Waals surface area contributed by atoms with Crippen LogP contribution in [0.15, 0.2) is 22.2 Å². The van der Waals surface area contributed by atoms with Gasteiger partial charge in [0.1, 0.15) is 9.61 Å². The number of nitrogens with zero attached hydrogens (tertiary/aromatic N) is 3. The summed E-state index contributed by atoms with van der Waals surface area (Å²) in [5.41, 5.74) is 1.08. The lowest BCUT2D eigenvalue weighted by molar-refractivity contribution is 0.667. The van der Waals surface area contributed by atoms with Crippen molar-refractivity contribution < 1.29 is 0 Å². The van der Waals surface area contributed by atoms with Crippen LogP contribution in [0.25, 0.3) is 10.7 Å². The molecule has 3 nitrogen and oxygen atoms in total. The van der Waals surface area contributed by atoms with Gasteiger partial charge >= 0.3 is 0 Å². The van der Waals surface area contributed by atoms with Gasteiger partial charge in [0.2, 0.25) is 0 Å². The first-order chi connectivity index (χ1) is 6.31. The van der Waals surface area contributed by atoms with Gasteiger partial charge < -0.3 is 0 Å². The average Bonchev–Trinajstić information content (AvgIpc) is 2.71. The first-order valence-electron chi connectivity index (χ1n) is 3.94. The first kappa shape index (κ1) is 8.90. The van der Waals surface area contributed by atoms with Crippen molar-refractivity contribution in [3.05, 3.63) is 22.2 Å². The van der Waals surface area contributed by atoms with Crippen LogP contribution in [0.1, 0.15) is 6.92 Å². The molecule has 0 aliphatic carbocycles. The fourth-order valence-corrected chi connectivity index (χ4v) is 2.42. The van der Waals surface area contributed by atoms with E-state index in [1.807, 2.05) is 16.1 Å². The molecular formula is C8H8BrN3S. The molecular weight excluding hydrogens is 250 g/mol. The molecule has 0 unspecified atom stereocenters. The van der Waals surface area contributed by atoms with E-state index >= 15 is 0 Å². The van der Waals surface area contributed by atoms with Crippen molar-refractivity contribution in [2.75, 3.05) is 0 Å². The van der Waals surface area contributed by atoms with Crippen LogP contribution in [0.2, 0.25) is 0 Å². The van der Waals surface area contributed by atoms with Crippen LogP contribution < -0.4 is 0 Å². The average molecular weight is 258 g/mol. The van der Waals surface area contributed by atoms with E-state index in [1.54, 1.807) is 17.5 Å². The highest BCUT2D eigenvalue weighted by atomic mass is 79.9. The normalized spacial score (nSPS) is 10.6. The number of thiazole rings is 1. The van der Waals surface area contributed by atoms with E-state index in [0.717, 1.165) is 21.8 Å². The first-order valence-corrected chi connectivity index (χ1v) is 5.61. The van der Waals surface area contributed by atoms with Crippen molar-refractivity contribution in [3.8, 4) is 10.7 Å². The minimum Gasteiger partial charge on any atom is -0.263 e. The monoisotopic (exact) mass is 257 g/mol. The number of hydrogen-bond acceptors (Lipinski definition) is 3. The van der Waals surface area contributed by atoms with Crippen molar-refractivity contribution in [2.24, 2.45) is 0 Å². The zero-order valence-corrected chi connectivity index (χ0v) is 9.47. The Labute approximate surface area is 88.6 Å². The number of rotatable bonds is 2. The molecule has 0 spiro atoms. The quantitative estimate of drug-likeness (QED) is 0.829. The maximum absolute atomic E-state index is 4.34. The van der Waals surface area contributed by atoms with Crippen LogP contribution in [0.3, 0.4) is 0 Å². The Morgan fingerprint density at radius 3 is 3.08 bits per heavy atom. The smallest absolute Gasteiger partial charge is 0.142 e. The predicted molar refractivity (Wildman–Crippen MR) is 56.7 cm³/mol. The Kier molecular flexibility index (Phi) is 2.46. The lowest BCUT2D eigenvalue weighted by Gasteiger charge is -1.99. The summed E-state index contributed by atoms with van der Waals surface area (Å²) in [6.45, 7) is 2.94. The van der Waals surface area contributed by atoms with Crippen LogP contribution >= 0.6 is 27.3 Å². The molecule has 0 N–H and O–H groups in total. The van der Waals surface area contributed by atoms with E-state index in [0.29, 0.717) is 0 Å². The highest BCUT2D eigenvalue weighted by Crippen LogP contribution is 2.25. The Morgan fingerprint density at radius 1 is 1.62 bits per heavy atom. The van der Waals surface area contributed by atoms with Crippen LogP contribution in [0, 0.1) is 0 Å². The van der Waals surface area contributed by atoms with Crippen LogP contribution in [0.5, 0.6) is 0 Å². The molecule has 13 heavy (non-hydrogen) atoms. The second-order valence-electron chi connectivity index (χ2n) is 2.51. The van der Waals surface area contributed by atoms with E-state index in [1.165, 1.54) is 0 Å². The lowest BCUT2D eigenvalue weighted by atomic mass is 10.4. The zero-order valence-electron chi connectivity index (χ0n) is 7.07. The lowest BCUT2D eigenvalue weighted by Crippen LogP contribution is -1.98. The van der Waals surface area contributed by atoms with Gasteiger partial charge in [-0.2, -0.15) is 5.10 Å². The summed E-state index contributed by atoms with van der Waals surface area (Å²) in [6, 6.07) is 1.98. The minimum absolute atomic E-state index is 0.875. The standard InChI is InChI=1S/C8H8BrN3S/c1-2-12-6(3-4-10-12)8-11-7(9)5-13-8/h3-5H,2H2,1H3. The van der Waals surface area contributed by atoms with Crippen molar-refractivity contribution in [2.45, 2.75) is 13.5 Å². The van der Waals surface area contributed by atoms with E-state index in [4.69, 9.17) is 0 Å². The Bertz CT molecular complexity index is 407. The largest absolute Gasteiger partial charge is 0.263 e. The third-order valence-electron chi connectivity index (χ3n) is 1.71. The number of aryl methyl sites for hydroxylation is 1. The van der Waals surface area contributed by atoms with Crippen LogP contribution in [0.4, 0.5) is 0 Å². The molecule has 2 rings (SSSR count). The summed E-state index contributed by atoms with van der Waals surface area (Å²) in [7, 11) is 0. The van der Waals surface area contributed by atoms with E-state index in [2.05, 4.69) is 32.9 Å². The molecule has 5 heteroatoms. The summed E-state index contributed by atoms with van der Waals surface area (Å²) in [5, 5.41) is 7.17. The molecule has 0 saturated carbocycles. The molecule has 0 aliphatic rings. The third-order valence-corrected chi connectivity index (χ3v) is 3.29. The van der Waals surface area contributed by atoms with Gasteiger partial charge in [-0.25, -0.2) is 4.98 Å². The molecule has 0 saturated heterocycles. The molecule has 0 fully saturated rings. The summed E-state index contributed by atoms with van der Waals surface area (Å²) in [5.74, 6) is 0. The molecule has 2 aromatic heterocycles. The highest BCUT2D eigenvalue weighted by Gasteiger charge is 2.07. The second-order valence-corrected chi connectivity index (χ2v) is 4.18. The van der Waals surface area contributed by atoms with Gasteiger partial charge in [0.05, 0.1) is 5.69 Å². The molecule has 0 atom stereocenters. The molecule has 68 valence electrons. The van der Waals surface area contributed by atoms with Gasteiger partial charge in [-0.1, -0.05) is 0 Å². The van der Waals surface area contributed by atoms with Gasteiger partial charge in [0.15, 0.2) is 0 Å². The number of hydrogen-bond donors (Lipinski definition) is 0. The molecule has 0 bridgehead atoms. The van der Waals surface area contributed by atoms with E-state index in [-0.39, 0.29) is 0 Å². The van der Waals surface area contributed by atoms with Crippen molar-refractivity contribution in [3.63, 3.8) is 0 Å². The van der Waals surface area contributed by atoms with Crippen LogP contribution in [-0.2, 0) is 6.54 Å². The molecule has 0 aliphatic heterocycles. The van der Waals surface area contributed by atoms with Gasteiger partial charge in [-0.15, -0.1) is 11.3 Å². The predicted octanol–water partition coefficient (Wildman–Crippen LogP) is 2.79. The third kappa shape index (κ3) is 1.66. The Morgan fingerprint density at radius 2 is 2.46 bits per heavy atom. The minimum atomic E-state index is 0.875. The topological polar surface area (TPSA) is 30.7 Å². The van der Waals surface area contributed by atoms with E-state index in [9.17, 15) is 0 Å². The number of halogens is 1. The maximum Gasteiger partial charge on any atom is 0.142 e. The Balaban J connectivity index is 2.45. The van der Waals surface area contributed by atoms with Crippen molar-refractivity contribution >= 4 is 27.3 Å². The summed E-state index contributed by atoms with van der Waals surface area (Å²) >= 11 is 4.95. The van der Waals surface area contributed by atoms with Gasteiger partial charge in [0, 0.05) is 18.1 Å². The Hall–Kier alpha value is -0.680. The zero-order chi connectivity index (χ0) is 9.26. The highest BCUT2D eigenvalue weighted by molar-refractivity contribution is 9.10. The fraction of sp³-hybridized carbons (Fsp3) is 0.250. The molecule has 0 radical (unpaired) electrons. The molecule has 0 aromatic carbocycles. The summed E-state index contributed by atoms with van der Waals surface area (Å²) in [6.07, 6.45) is 1.80. The van der Waals surface area contributed by atoms with Crippen molar-refractivity contribution in [1.29, 1.82) is 0 Å². The van der Waals surface area contributed by atoms with Gasteiger partial charge in [-0.05, 0) is 28.9 Å². The van der Waals surface area contributed by atoms with E-state index < -0.39 is 0 Å². The molecule has 0 amide bonds. The number of aromatic nitrogens is 3.